The number of carbonyl (C=O) groups is 2. The highest BCUT2D eigenvalue weighted by molar-refractivity contribution is 5.92. The fraction of sp³-hybridized carbons (Fsp3) is 0.419. The summed E-state index contributed by atoms with van der Waals surface area (Å²) in [5, 5.41) is 4.84. The number of nitrogens with two attached hydrogens (primary N) is 1. The quantitative estimate of drug-likeness (QED) is 0.333. The van der Waals surface area contributed by atoms with Crippen molar-refractivity contribution in [2.75, 3.05) is 13.1 Å². The van der Waals surface area contributed by atoms with E-state index in [4.69, 9.17) is 5.73 Å². The molecule has 0 bridgehead atoms. The summed E-state index contributed by atoms with van der Waals surface area (Å²) in [7, 11) is 0. The smallest absolute Gasteiger partial charge is 0.368 e. The second-order valence-corrected chi connectivity index (χ2v) is 11.0. The molecule has 1 atom stereocenters. The molecule has 40 heavy (non-hydrogen) atoms. The maximum absolute atomic E-state index is 12.7. The number of aromatic amines is 1. The standard InChI is InChI=1S/C31H35F3N4O2/c32-31(33,34)23-10-5-20(6-11-23)7-14-28(39)38-17-15-22(16-18-38)29(30(35)40)37-24-12-8-21(9-13-24)26-19-36-27-4-2-1-3-25(26)27/h1-7,10-11,14,19,21-22,24,29,36-37H,8-9,12-13,15-18H2,(H2,35,40)/b14-7+. The summed E-state index contributed by atoms with van der Waals surface area (Å²) in [4.78, 5) is 30.2. The largest absolute Gasteiger partial charge is 0.416 e. The van der Waals surface area contributed by atoms with Crippen LogP contribution < -0.4 is 11.1 Å². The van der Waals surface area contributed by atoms with Gasteiger partial charge in [-0.3, -0.25) is 9.59 Å². The number of nitrogens with zero attached hydrogens (tertiary/aromatic N) is 1. The Morgan fingerprint density at radius 3 is 2.30 bits per heavy atom. The van der Waals surface area contributed by atoms with Crippen LogP contribution in [0.2, 0.25) is 0 Å². The van der Waals surface area contributed by atoms with Gasteiger partial charge in [0.25, 0.3) is 0 Å². The number of amides is 2. The number of alkyl halides is 3. The van der Waals surface area contributed by atoms with Gasteiger partial charge in [-0.05, 0) is 85.8 Å². The molecule has 1 unspecified atom stereocenters. The number of halogens is 3. The number of likely N-dealkylation sites (tertiary alicyclic amines) is 1. The van der Waals surface area contributed by atoms with E-state index in [1.54, 1.807) is 4.90 Å². The van der Waals surface area contributed by atoms with E-state index in [1.807, 2.05) is 6.07 Å². The Balaban J connectivity index is 1.11. The first-order valence-electron chi connectivity index (χ1n) is 13.9. The minimum absolute atomic E-state index is 0.0479. The maximum Gasteiger partial charge on any atom is 0.416 e. The van der Waals surface area contributed by atoms with E-state index >= 15 is 0 Å². The molecule has 3 aromatic rings. The molecule has 6 nitrogen and oxygen atoms in total. The number of nitrogens with one attached hydrogen (secondary N) is 2. The van der Waals surface area contributed by atoms with Crippen LogP contribution in [0.1, 0.15) is 61.1 Å². The summed E-state index contributed by atoms with van der Waals surface area (Å²) < 4.78 is 38.2. The number of benzene rings is 2. The Morgan fingerprint density at radius 2 is 1.65 bits per heavy atom. The Bertz CT molecular complexity index is 1350. The Labute approximate surface area is 231 Å². The van der Waals surface area contributed by atoms with Crippen LogP contribution in [0.15, 0.2) is 60.8 Å². The van der Waals surface area contributed by atoms with Crippen LogP contribution in [0.4, 0.5) is 13.2 Å². The van der Waals surface area contributed by atoms with Crippen LogP contribution in [0.3, 0.4) is 0 Å². The van der Waals surface area contributed by atoms with Crippen molar-refractivity contribution in [1.29, 1.82) is 0 Å². The summed E-state index contributed by atoms with van der Waals surface area (Å²) in [5.41, 5.74) is 8.15. The lowest BCUT2D eigenvalue weighted by Crippen LogP contribution is -2.54. The van der Waals surface area contributed by atoms with Crippen LogP contribution in [0.5, 0.6) is 0 Å². The number of rotatable bonds is 7. The third-order valence-corrected chi connectivity index (χ3v) is 8.49. The number of piperidine rings is 1. The topological polar surface area (TPSA) is 91.2 Å². The average Bonchev–Trinajstić information content (AvgIpc) is 3.39. The highest BCUT2D eigenvalue weighted by Gasteiger charge is 2.34. The van der Waals surface area contributed by atoms with Crippen molar-refractivity contribution in [3.8, 4) is 0 Å². The van der Waals surface area contributed by atoms with Crippen molar-refractivity contribution >= 4 is 28.8 Å². The number of H-pyrrole nitrogens is 1. The molecule has 2 amide bonds. The monoisotopic (exact) mass is 552 g/mol. The SMILES string of the molecule is NC(=O)C(NC1CCC(c2c[nH]c3ccccc23)CC1)C1CCN(C(=O)/C=C/c2ccc(C(F)(F)F)cc2)CC1. The van der Waals surface area contributed by atoms with Crippen molar-refractivity contribution in [3.05, 3.63) is 77.5 Å². The Morgan fingerprint density at radius 1 is 0.975 bits per heavy atom. The molecule has 212 valence electrons. The fourth-order valence-corrected chi connectivity index (χ4v) is 6.22. The van der Waals surface area contributed by atoms with Crippen LogP contribution in [0, 0.1) is 5.92 Å². The zero-order chi connectivity index (χ0) is 28.3. The maximum atomic E-state index is 12.7. The van der Waals surface area contributed by atoms with Crippen LogP contribution in [-0.2, 0) is 15.8 Å². The predicted molar refractivity (Wildman–Crippen MR) is 149 cm³/mol. The summed E-state index contributed by atoms with van der Waals surface area (Å²) in [6, 6.07) is 12.8. The zero-order valence-corrected chi connectivity index (χ0v) is 22.3. The first-order chi connectivity index (χ1) is 19.2. The number of primary amides is 1. The minimum atomic E-state index is -4.39. The van der Waals surface area contributed by atoms with E-state index in [9.17, 15) is 22.8 Å². The van der Waals surface area contributed by atoms with E-state index in [1.165, 1.54) is 35.2 Å². The van der Waals surface area contributed by atoms with Crippen molar-refractivity contribution in [2.45, 2.75) is 62.7 Å². The Kier molecular flexibility index (Phi) is 8.30. The van der Waals surface area contributed by atoms with Crippen molar-refractivity contribution < 1.29 is 22.8 Å². The van der Waals surface area contributed by atoms with Gasteiger partial charge in [0.2, 0.25) is 11.8 Å². The number of para-hydroxylation sites is 1. The average molecular weight is 553 g/mol. The van der Waals surface area contributed by atoms with Crippen molar-refractivity contribution in [3.63, 3.8) is 0 Å². The summed E-state index contributed by atoms with van der Waals surface area (Å²) >= 11 is 0. The third-order valence-electron chi connectivity index (χ3n) is 8.49. The van der Waals surface area contributed by atoms with Crippen molar-refractivity contribution in [1.82, 2.24) is 15.2 Å². The van der Waals surface area contributed by atoms with Gasteiger partial charge in [0, 0.05) is 42.3 Å². The molecule has 5 rings (SSSR count). The van der Waals surface area contributed by atoms with Gasteiger partial charge in [-0.1, -0.05) is 30.3 Å². The number of hydrogen-bond acceptors (Lipinski definition) is 3. The first kappa shape index (κ1) is 28.0. The van der Waals surface area contributed by atoms with Crippen LogP contribution in [0.25, 0.3) is 17.0 Å². The van der Waals surface area contributed by atoms with E-state index in [0.29, 0.717) is 37.4 Å². The second kappa shape index (κ2) is 11.9. The van der Waals surface area contributed by atoms with Crippen LogP contribution in [-0.4, -0.2) is 46.9 Å². The summed E-state index contributed by atoms with van der Waals surface area (Å²) in [6.07, 6.45) is 6.00. The molecule has 2 fully saturated rings. The minimum Gasteiger partial charge on any atom is -0.368 e. The van der Waals surface area contributed by atoms with Gasteiger partial charge >= 0.3 is 6.18 Å². The molecule has 0 radical (unpaired) electrons. The molecule has 1 aromatic heterocycles. The zero-order valence-electron chi connectivity index (χ0n) is 22.3. The van der Waals surface area contributed by atoms with Gasteiger partial charge < -0.3 is 20.9 Å². The lowest BCUT2D eigenvalue weighted by atomic mass is 9.80. The lowest BCUT2D eigenvalue weighted by molar-refractivity contribution is -0.137. The van der Waals surface area contributed by atoms with Gasteiger partial charge in [0.15, 0.2) is 0 Å². The molecule has 1 aliphatic carbocycles. The number of aromatic nitrogens is 1. The van der Waals surface area contributed by atoms with E-state index in [0.717, 1.165) is 43.3 Å². The summed E-state index contributed by atoms with van der Waals surface area (Å²) in [6.45, 7) is 0.999. The number of hydrogen-bond donors (Lipinski definition) is 3. The Hall–Kier alpha value is -3.59. The molecular formula is C31H35F3N4O2. The predicted octanol–water partition coefficient (Wildman–Crippen LogP) is 5.61. The molecule has 1 saturated heterocycles. The van der Waals surface area contributed by atoms with E-state index < -0.39 is 17.8 Å². The van der Waals surface area contributed by atoms with Gasteiger partial charge in [0.05, 0.1) is 11.6 Å². The van der Waals surface area contributed by atoms with E-state index in [2.05, 4.69) is 34.7 Å². The van der Waals surface area contributed by atoms with Gasteiger partial charge in [-0.2, -0.15) is 13.2 Å². The van der Waals surface area contributed by atoms with E-state index in [-0.39, 0.29) is 23.8 Å². The number of fused-ring (bicyclic) bond motifs is 1. The molecule has 4 N–H and O–H groups in total. The van der Waals surface area contributed by atoms with Gasteiger partial charge in [-0.15, -0.1) is 0 Å². The first-order valence-corrected chi connectivity index (χ1v) is 13.9. The lowest BCUT2D eigenvalue weighted by Gasteiger charge is -2.38. The number of carbonyl (C=O) groups excluding carboxylic acids is 2. The highest BCUT2D eigenvalue weighted by Crippen LogP contribution is 2.37. The molecule has 2 heterocycles. The summed E-state index contributed by atoms with van der Waals surface area (Å²) in [5.74, 6) is -0.0128. The molecule has 1 aliphatic heterocycles. The molecular weight excluding hydrogens is 517 g/mol. The molecule has 2 aromatic carbocycles. The second-order valence-electron chi connectivity index (χ2n) is 11.0. The highest BCUT2D eigenvalue weighted by atomic mass is 19.4. The molecule has 9 heteroatoms. The van der Waals surface area contributed by atoms with Crippen LogP contribution >= 0.6 is 0 Å². The van der Waals surface area contributed by atoms with Gasteiger partial charge in [-0.25, -0.2) is 0 Å². The molecule has 1 saturated carbocycles. The molecule has 2 aliphatic rings. The fourth-order valence-electron chi connectivity index (χ4n) is 6.22. The molecule has 0 spiro atoms. The van der Waals surface area contributed by atoms with Crippen molar-refractivity contribution in [2.24, 2.45) is 11.7 Å². The normalized spacial score (nSPS) is 21.6. The third kappa shape index (κ3) is 6.41. The van der Waals surface area contributed by atoms with Gasteiger partial charge in [0.1, 0.15) is 0 Å².